The maximum absolute atomic E-state index is 13.1. The van der Waals surface area contributed by atoms with Crippen LogP contribution in [0.25, 0.3) is 22.7 Å². The summed E-state index contributed by atoms with van der Waals surface area (Å²) in [5, 5.41) is 9.03. The zero-order valence-corrected chi connectivity index (χ0v) is 16.0. The quantitative estimate of drug-likeness (QED) is 0.586. The number of aromatic nitrogens is 4. The lowest BCUT2D eigenvalue weighted by molar-refractivity contribution is -0.138. The Hall–Kier alpha value is -2.60. The van der Waals surface area contributed by atoms with E-state index in [0.717, 1.165) is 24.2 Å². The van der Waals surface area contributed by atoms with E-state index in [2.05, 4.69) is 21.0 Å². The Morgan fingerprint density at radius 1 is 1.29 bits per heavy atom. The van der Waals surface area contributed by atoms with Gasteiger partial charge >= 0.3 is 6.18 Å². The highest BCUT2D eigenvalue weighted by Crippen LogP contribution is 2.47. The van der Waals surface area contributed by atoms with Gasteiger partial charge in [0.15, 0.2) is 11.5 Å². The molecule has 0 amide bonds. The van der Waals surface area contributed by atoms with Gasteiger partial charge < -0.3 is 4.57 Å². The summed E-state index contributed by atoms with van der Waals surface area (Å²) in [7, 11) is 1.77. The van der Waals surface area contributed by atoms with Crippen molar-refractivity contribution in [3.63, 3.8) is 0 Å². The van der Waals surface area contributed by atoms with E-state index >= 15 is 0 Å². The summed E-state index contributed by atoms with van der Waals surface area (Å²) in [5.41, 5.74) is 1.87. The predicted octanol–water partition coefficient (Wildman–Crippen LogP) is 4.79. The molecule has 144 valence electrons. The molecule has 1 aliphatic carbocycles. The van der Waals surface area contributed by atoms with Crippen LogP contribution in [0.15, 0.2) is 29.4 Å². The van der Waals surface area contributed by atoms with Gasteiger partial charge in [0.2, 0.25) is 0 Å². The summed E-state index contributed by atoms with van der Waals surface area (Å²) in [5.74, 6) is 1.28. The highest BCUT2D eigenvalue weighted by atomic mass is 32.2. The molecule has 0 aliphatic heterocycles. The molecule has 1 saturated carbocycles. The van der Waals surface area contributed by atoms with E-state index in [4.69, 9.17) is 5.26 Å². The topological polar surface area (TPSA) is 67.4 Å². The SMILES string of the molecule is CCSc1cc(C(F)(F)F)cnc1-c1nc2cc(C3CC3C#N)cnc2n1C. The Kier molecular flexibility index (Phi) is 4.54. The van der Waals surface area contributed by atoms with Gasteiger partial charge in [-0.15, -0.1) is 11.8 Å². The second-order valence-corrected chi connectivity index (χ2v) is 7.99. The van der Waals surface area contributed by atoms with E-state index in [9.17, 15) is 13.2 Å². The van der Waals surface area contributed by atoms with Crippen LogP contribution in [0.1, 0.15) is 30.4 Å². The molecule has 9 heteroatoms. The smallest absolute Gasteiger partial charge is 0.310 e. The van der Waals surface area contributed by atoms with Crippen molar-refractivity contribution in [3.05, 3.63) is 35.7 Å². The molecule has 1 fully saturated rings. The van der Waals surface area contributed by atoms with Crippen molar-refractivity contribution < 1.29 is 13.2 Å². The number of hydrogen-bond donors (Lipinski definition) is 0. The lowest BCUT2D eigenvalue weighted by Gasteiger charge is -2.11. The molecule has 0 aromatic carbocycles. The first-order valence-electron chi connectivity index (χ1n) is 8.75. The maximum atomic E-state index is 13.1. The summed E-state index contributed by atoms with van der Waals surface area (Å²) < 4.78 is 41.0. The van der Waals surface area contributed by atoms with Crippen LogP contribution in [0.2, 0.25) is 0 Å². The number of alkyl halides is 3. The molecular weight excluding hydrogens is 387 g/mol. The number of nitriles is 1. The van der Waals surface area contributed by atoms with Crippen LogP contribution in [0.3, 0.4) is 0 Å². The fourth-order valence-corrected chi connectivity index (χ4v) is 4.05. The minimum absolute atomic E-state index is 0.0200. The highest BCUT2D eigenvalue weighted by molar-refractivity contribution is 7.99. The van der Waals surface area contributed by atoms with Crippen molar-refractivity contribution in [2.45, 2.75) is 30.3 Å². The molecule has 5 nitrogen and oxygen atoms in total. The van der Waals surface area contributed by atoms with E-state index in [0.29, 0.717) is 33.3 Å². The van der Waals surface area contributed by atoms with Gasteiger partial charge in [-0.2, -0.15) is 18.4 Å². The van der Waals surface area contributed by atoms with Crippen molar-refractivity contribution >= 4 is 22.9 Å². The molecule has 4 rings (SSSR count). The third-order valence-corrected chi connectivity index (χ3v) is 5.72. The fraction of sp³-hybridized carbons (Fsp3) is 0.368. The molecule has 0 spiro atoms. The Morgan fingerprint density at radius 3 is 2.71 bits per heavy atom. The second kappa shape index (κ2) is 6.78. The normalized spacial score (nSPS) is 19.0. The minimum Gasteiger partial charge on any atom is -0.310 e. The van der Waals surface area contributed by atoms with Crippen molar-refractivity contribution in [1.82, 2.24) is 19.5 Å². The van der Waals surface area contributed by atoms with Crippen LogP contribution in [0, 0.1) is 17.2 Å². The third-order valence-electron chi connectivity index (χ3n) is 4.81. The standard InChI is InChI=1S/C19H16F3N5S/c1-3-28-15-6-12(19(20,21)22)9-24-16(15)18-26-14-5-11(13-4-10(13)7-23)8-25-17(14)27(18)2/h5-6,8-10,13H,3-4H2,1-2H3. The molecule has 3 heterocycles. The third kappa shape index (κ3) is 3.22. The van der Waals surface area contributed by atoms with E-state index in [1.165, 1.54) is 11.8 Å². The van der Waals surface area contributed by atoms with Crippen LogP contribution >= 0.6 is 11.8 Å². The van der Waals surface area contributed by atoms with Crippen LogP contribution < -0.4 is 0 Å². The molecule has 2 unspecified atom stereocenters. The van der Waals surface area contributed by atoms with Crippen molar-refractivity contribution in [1.29, 1.82) is 5.26 Å². The van der Waals surface area contributed by atoms with E-state index in [1.54, 1.807) is 17.8 Å². The average Bonchev–Trinajstić information content (AvgIpc) is 3.38. The van der Waals surface area contributed by atoms with Gasteiger partial charge in [-0.25, -0.2) is 9.97 Å². The lowest BCUT2D eigenvalue weighted by Crippen LogP contribution is -2.07. The molecule has 3 aromatic rings. The van der Waals surface area contributed by atoms with Gasteiger partial charge in [0, 0.05) is 30.3 Å². The van der Waals surface area contributed by atoms with Gasteiger partial charge in [-0.3, -0.25) is 4.98 Å². The van der Waals surface area contributed by atoms with E-state index in [1.807, 2.05) is 13.0 Å². The zero-order valence-electron chi connectivity index (χ0n) is 15.2. The minimum atomic E-state index is -4.45. The predicted molar refractivity (Wildman–Crippen MR) is 99.6 cm³/mol. The molecule has 0 radical (unpaired) electrons. The van der Waals surface area contributed by atoms with E-state index in [-0.39, 0.29) is 11.8 Å². The van der Waals surface area contributed by atoms with Gasteiger partial charge in [0.05, 0.1) is 17.6 Å². The second-order valence-electron chi connectivity index (χ2n) is 6.69. The molecule has 3 aromatic heterocycles. The Balaban J connectivity index is 1.80. The summed E-state index contributed by atoms with van der Waals surface area (Å²) in [6.45, 7) is 1.87. The van der Waals surface area contributed by atoms with Crippen molar-refractivity contribution in [2.24, 2.45) is 13.0 Å². The first-order chi connectivity index (χ1) is 13.3. The van der Waals surface area contributed by atoms with Crippen LogP contribution in [-0.2, 0) is 13.2 Å². The number of aryl methyl sites for hydroxylation is 1. The lowest BCUT2D eigenvalue weighted by atomic mass is 10.1. The van der Waals surface area contributed by atoms with Gasteiger partial charge in [-0.05, 0) is 29.9 Å². The number of nitrogens with zero attached hydrogens (tertiary/aromatic N) is 5. The largest absolute Gasteiger partial charge is 0.417 e. The summed E-state index contributed by atoms with van der Waals surface area (Å²) in [6.07, 6.45) is -1.04. The van der Waals surface area contributed by atoms with Crippen LogP contribution in [-0.4, -0.2) is 25.3 Å². The molecule has 0 saturated heterocycles. The number of hydrogen-bond acceptors (Lipinski definition) is 5. The number of thioether (sulfide) groups is 1. The molecule has 2 atom stereocenters. The first-order valence-corrected chi connectivity index (χ1v) is 9.74. The Morgan fingerprint density at radius 2 is 2.07 bits per heavy atom. The Bertz CT molecular complexity index is 1100. The molecular formula is C19H16F3N5S. The monoisotopic (exact) mass is 403 g/mol. The molecule has 0 N–H and O–H groups in total. The number of halogens is 3. The summed E-state index contributed by atoms with van der Waals surface area (Å²) >= 11 is 1.29. The maximum Gasteiger partial charge on any atom is 0.417 e. The van der Waals surface area contributed by atoms with Crippen LogP contribution in [0.5, 0.6) is 0 Å². The summed E-state index contributed by atoms with van der Waals surface area (Å²) in [6, 6.07) is 5.29. The molecule has 28 heavy (non-hydrogen) atoms. The van der Waals surface area contributed by atoms with Gasteiger partial charge in [0.25, 0.3) is 0 Å². The molecule has 1 aliphatic rings. The fourth-order valence-electron chi connectivity index (χ4n) is 3.25. The van der Waals surface area contributed by atoms with Crippen molar-refractivity contribution in [3.8, 4) is 17.6 Å². The first kappa shape index (κ1) is 18.7. The number of rotatable bonds is 4. The van der Waals surface area contributed by atoms with Gasteiger partial charge in [-0.1, -0.05) is 6.92 Å². The summed E-state index contributed by atoms with van der Waals surface area (Å²) in [4.78, 5) is 13.6. The number of imidazole rings is 1. The van der Waals surface area contributed by atoms with Crippen molar-refractivity contribution in [2.75, 3.05) is 5.75 Å². The highest BCUT2D eigenvalue weighted by Gasteiger charge is 2.39. The van der Waals surface area contributed by atoms with Crippen LogP contribution in [0.4, 0.5) is 13.2 Å². The average molecular weight is 403 g/mol. The van der Waals surface area contributed by atoms with Gasteiger partial charge in [0.1, 0.15) is 11.2 Å². The Labute approximate surface area is 163 Å². The number of fused-ring (bicyclic) bond motifs is 1. The number of pyridine rings is 2. The zero-order chi connectivity index (χ0) is 20.1. The molecule has 0 bridgehead atoms. The van der Waals surface area contributed by atoms with E-state index < -0.39 is 11.7 Å².